The van der Waals surface area contributed by atoms with E-state index < -0.39 is 6.10 Å². The van der Waals surface area contributed by atoms with Crippen molar-refractivity contribution < 1.29 is 15.3 Å². The van der Waals surface area contributed by atoms with Crippen LogP contribution in [-0.2, 0) is 0 Å². The van der Waals surface area contributed by atoms with Gasteiger partial charge in [-0.2, -0.15) is 0 Å². The van der Waals surface area contributed by atoms with E-state index in [-0.39, 0.29) is 29.0 Å². The van der Waals surface area contributed by atoms with Crippen LogP contribution in [0.1, 0.15) is 65.7 Å². The van der Waals surface area contributed by atoms with Crippen LogP contribution in [0.4, 0.5) is 0 Å². The molecular formula is C21H34O3. The first-order chi connectivity index (χ1) is 11.3. The largest absolute Gasteiger partial charge is 0.393 e. The predicted molar refractivity (Wildman–Crippen MR) is 94.3 cm³/mol. The predicted octanol–water partition coefficient (Wildman–Crippen LogP) is 3.28. The third kappa shape index (κ3) is 2.20. The minimum atomic E-state index is -0.429. The molecule has 0 aromatic rings. The van der Waals surface area contributed by atoms with Crippen LogP contribution in [0.15, 0.2) is 11.6 Å². The van der Waals surface area contributed by atoms with Gasteiger partial charge < -0.3 is 15.3 Å². The van der Waals surface area contributed by atoms with E-state index in [1.807, 2.05) is 6.92 Å². The number of hydrogen-bond donors (Lipinski definition) is 3. The van der Waals surface area contributed by atoms with Gasteiger partial charge >= 0.3 is 0 Å². The van der Waals surface area contributed by atoms with E-state index in [1.54, 1.807) is 0 Å². The molecule has 3 N–H and O–H groups in total. The van der Waals surface area contributed by atoms with Gasteiger partial charge in [0, 0.05) is 5.92 Å². The monoisotopic (exact) mass is 334 g/mol. The molecule has 4 aliphatic carbocycles. The van der Waals surface area contributed by atoms with Crippen LogP contribution in [0.2, 0.25) is 0 Å². The van der Waals surface area contributed by atoms with E-state index in [9.17, 15) is 15.3 Å². The Balaban J connectivity index is 1.67. The van der Waals surface area contributed by atoms with Crippen LogP contribution in [0.25, 0.3) is 0 Å². The van der Waals surface area contributed by atoms with Crippen molar-refractivity contribution in [2.24, 2.45) is 34.5 Å². The smallest absolute Gasteiger partial charge is 0.0601 e. The molecule has 4 aliphatic rings. The van der Waals surface area contributed by atoms with Crippen LogP contribution < -0.4 is 0 Å². The van der Waals surface area contributed by atoms with Crippen molar-refractivity contribution in [1.29, 1.82) is 0 Å². The van der Waals surface area contributed by atoms with Gasteiger partial charge in [-0.1, -0.05) is 25.5 Å². The van der Waals surface area contributed by atoms with Gasteiger partial charge in [0.15, 0.2) is 0 Å². The van der Waals surface area contributed by atoms with E-state index in [4.69, 9.17) is 0 Å². The molecule has 0 radical (unpaired) electrons. The highest BCUT2D eigenvalue weighted by molar-refractivity contribution is 5.25. The van der Waals surface area contributed by atoms with Crippen LogP contribution in [0.5, 0.6) is 0 Å². The summed E-state index contributed by atoms with van der Waals surface area (Å²) >= 11 is 0. The maximum absolute atomic E-state index is 10.7. The summed E-state index contributed by atoms with van der Waals surface area (Å²) in [4.78, 5) is 0. The molecule has 0 unspecified atom stereocenters. The average molecular weight is 335 g/mol. The minimum Gasteiger partial charge on any atom is -0.393 e. The lowest BCUT2D eigenvalue weighted by Gasteiger charge is -2.58. The second-order valence-electron chi connectivity index (χ2n) is 9.77. The summed E-state index contributed by atoms with van der Waals surface area (Å²) in [6, 6.07) is 0. The summed E-state index contributed by atoms with van der Waals surface area (Å²) in [6.07, 6.45) is 8.67. The molecule has 0 spiro atoms. The molecule has 3 fully saturated rings. The normalized spacial score (nSPS) is 55.2. The second-order valence-corrected chi connectivity index (χ2v) is 9.77. The van der Waals surface area contributed by atoms with Gasteiger partial charge in [-0.15, -0.1) is 0 Å². The van der Waals surface area contributed by atoms with Gasteiger partial charge in [-0.05, 0) is 80.5 Å². The Morgan fingerprint density at radius 3 is 2.58 bits per heavy atom. The third-order valence-corrected chi connectivity index (χ3v) is 8.71. The number of aliphatic hydroxyl groups excluding tert-OH is 3. The van der Waals surface area contributed by atoms with Gasteiger partial charge in [0.25, 0.3) is 0 Å². The zero-order chi connectivity index (χ0) is 17.3. The first-order valence-corrected chi connectivity index (χ1v) is 10.0. The quantitative estimate of drug-likeness (QED) is 0.645. The van der Waals surface area contributed by atoms with Crippen molar-refractivity contribution in [3.8, 4) is 0 Å². The van der Waals surface area contributed by atoms with Crippen molar-refractivity contribution >= 4 is 0 Å². The molecule has 3 saturated carbocycles. The standard InChI is InChI=1S/C21H34O3/c1-12(22)19-18(24)11-17-15-5-4-13-10-14(23)6-8-20(13,2)16(15)7-9-21(17,19)3/h4,12,14-19,22-24H,5-11H2,1-3H3/t12-,14+,15-,16+,17+,18-,19+,20+,21+/m1/s1. The molecule has 136 valence electrons. The third-order valence-electron chi connectivity index (χ3n) is 8.71. The Bertz CT molecular complexity index is 541. The molecule has 24 heavy (non-hydrogen) atoms. The maximum Gasteiger partial charge on any atom is 0.0601 e. The fraction of sp³-hybridized carbons (Fsp3) is 0.905. The summed E-state index contributed by atoms with van der Waals surface area (Å²) < 4.78 is 0. The van der Waals surface area contributed by atoms with Gasteiger partial charge in [0.1, 0.15) is 0 Å². The summed E-state index contributed by atoms with van der Waals surface area (Å²) in [5.74, 6) is 1.86. The van der Waals surface area contributed by atoms with Crippen molar-refractivity contribution in [2.75, 3.05) is 0 Å². The second kappa shape index (κ2) is 5.56. The van der Waals surface area contributed by atoms with Gasteiger partial charge in [-0.3, -0.25) is 0 Å². The number of rotatable bonds is 1. The van der Waals surface area contributed by atoms with Crippen LogP contribution >= 0.6 is 0 Å². The zero-order valence-corrected chi connectivity index (χ0v) is 15.4. The van der Waals surface area contributed by atoms with E-state index in [2.05, 4.69) is 19.9 Å². The fourth-order valence-corrected chi connectivity index (χ4v) is 7.57. The van der Waals surface area contributed by atoms with Crippen molar-refractivity contribution in [1.82, 2.24) is 0 Å². The molecule has 4 rings (SSSR count). The van der Waals surface area contributed by atoms with E-state index in [0.29, 0.717) is 17.8 Å². The molecule has 0 aromatic heterocycles. The topological polar surface area (TPSA) is 60.7 Å². The van der Waals surface area contributed by atoms with Crippen molar-refractivity contribution in [3.63, 3.8) is 0 Å². The molecule has 3 nitrogen and oxygen atoms in total. The number of allylic oxidation sites excluding steroid dienone is 1. The Morgan fingerprint density at radius 1 is 1.12 bits per heavy atom. The van der Waals surface area contributed by atoms with Gasteiger partial charge in [-0.25, -0.2) is 0 Å². The van der Waals surface area contributed by atoms with E-state index in [1.165, 1.54) is 12.0 Å². The van der Waals surface area contributed by atoms with Crippen LogP contribution in [0, 0.1) is 34.5 Å². The van der Waals surface area contributed by atoms with Crippen LogP contribution in [-0.4, -0.2) is 33.6 Å². The lowest BCUT2D eigenvalue weighted by Crippen LogP contribution is -2.51. The summed E-state index contributed by atoms with van der Waals surface area (Å²) in [7, 11) is 0. The number of hydrogen-bond acceptors (Lipinski definition) is 3. The molecule has 0 aliphatic heterocycles. The maximum atomic E-state index is 10.7. The molecule has 0 heterocycles. The first-order valence-electron chi connectivity index (χ1n) is 10.0. The molecule has 0 saturated heterocycles. The summed E-state index contributed by atoms with van der Waals surface area (Å²) in [5.41, 5.74) is 1.82. The van der Waals surface area contributed by atoms with E-state index in [0.717, 1.165) is 38.5 Å². The van der Waals surface area contributed by atoms with Crippen molar-refractivity contribution in [2.45, 2.75) is 84.0 Å². The molecule has 0 amide bonds. The van der Waals surface area contributed by atoms with Crippen molar-refractivity contribution in [3.05, 3.63) is 11.6 Å². The Kier molecular flexibility index (Phi) is 3.95. The highest BCUT2D eigenvalue weighted by Gasteiger charge is 2.61. The number of aliphatic hydroxyl groups is 3. The zero-order valence-electron chi connectivity index (χ0n) is 15.4. The molecule has 0 bridgehead atoms. The Hall–Kier alpha value is -0.380. The SMILES string of the molecule is C[C@@H](O)[C@H]1[C@H](O)C[C@H]2[C@@H]3CC=C4C[C@@H](O)CC[C@]4(C)[C@H]3CC[C@]12C. The number of fused-ring (bicyclic) bond motifs is 5. The lowest BCUT2D eigenvalue weighted by atomic mass is 9.47. The highest BCUT2D eigenvalue weighted by Crippen LogP contribution is 2.66. The molecule has 9 atom stereocenters. The Morgan fingerprint density at radius 2 is 1.88 bits per heavy atom. The van der Waals surface area contributed by atoms with E-state index >= 15 is 0 Å². The van der Waals surface area contributed by atoms with Crippen LogP contribution in [0.3, 0.4) is 0 Å². The van der Waals surface area contributed by atoms with Gasteiger partial charge in [0.05, 0.1) is 18.3 Å². The molecule has 3 heteroatoms. The molecular weight excluding hydrogens is 300 g/mol. The average Bonchev–Trinajstić information content (AvgIpc) is 2.78. The summed E-state index contributed by atoms with van der Waals surface area (Å²) in [5, 5.41) is 31.0. The highest BCUT2D eigenvalue weighted by atomic mass is 16.3. The summed E-state index contributed by atoms with van der Waals surface area (Å²) in [6.45, 7) is 6.62. The fourth-order valence-electron chi connectivity index (χ4n) is 7.57. The van der Waals surface area contributed by atoms with Gasteiger partial charge in [0.2, 0.25) is 0 Å². The minimum absolute atomic E-state index is 0.0230. The first kappa shape index (κ1) is 17.1. The Labute approximate surface area is 146 Å². The lowest BCUT2D eigenvalue weighted by molar-refractivity contribution is -0.0761. The molecule has 0 aromatic carbocycles.